The Morgan fingerprint density at radius 1 is 0.462 bits per heavy atom. The lowest BCUT2D eigenvalue weighted by molar-refractivity contribution is 0.368. The second-order valence-corrected chi connectivity index (χ2v) is 7.19. The van der Waals surface area contributed by atoms with Crippen LogP contribution in [-0.2, 0) is 0 Å². The summed E-state index contributed by atoms with van der Waals surface area (Å²) in [5.74, 6) is 0. The molecule has 1 nitrogen and oxygen atoms in total. The topological polar surface area (TPSA) is 12.0 Å². The summed E-state index contributed by atoms with van der Waals surface area (Å²) in [6.45, 7) is 7.06. The molecule has 0 aromatic rings. The first-order chi connectivity index (χ1) is 12.4. The molecule has 0 aliphatic heterocycles. The molecule has 0 saturated heterocycles. The summed E-state index contributed by atoms with van der Waals surface area (Å²) in [6, 6.07) is 0. The highest BCUT2D eigenvalue weighted by atomic mass is 19.5. The van der Waals surface area contributed by atoms with E-state index >= 15 is 0 Å². The van der Waals surface area contributed by atoms with Gasteiger partial charge in [-0.25, -0.2) is 0 Å². The van der Waals surface area contributed by atoms with Crippen molar-refractivity contribution in [1.29, 1.82) is 0 Å². The van der Waals surface area contributed by atoms with Crippen molar-refractivity contribution in [2.75, 3.05) is 13.1 Å². The van der Waals surface area contributed by atoms with Gasteiger partial charge in [-0.1, -0.05) is 104 Å². The molecule has 0 bridgehead atoms. The van der Waals surface area contributed by atoms with Gasteiger partial charge in [0.25, 0.3) is 0 Å². The molecule has 6 heteroatoms. The predicted molar refractivity (Wildman–Crippen MR) is 108 cm³/mol. The fraction of sp³-hybridized carbons (Fsp3) is 1.00. The molecule has 0 aliphatic carbocycles. The van der Waals surface area contributed by atoms with E-state index in [0.717, 1.165) is 0 Å². The Labute approximate surface area is 160 Å². The van der Waals surface area contributed by atoms with Crippen molar-refractivity contribution < 1.29 is 17.3 Å². The lowest BCUT2D eigenvalue weighted by atomic mass is 10.1. The van der Waals surface area contributed by atoms with Crippen molar-refractivity contribution in [3.63, 3.8) is 0 Å². The number of nitrogens with one attached hydrogen (secondary N) is 1. The van der Waals surface area contributed by atoms with Crippen molar-refractivity contribution >= 4 is 7.25 Å². The molecule has 0 aliphatic rings. The van der Waals surface area contributed by atoms with E-state index in [-0.39, 0.29) is 0 Å². The SMILES string of the molecule is CCCCCCCCCCNCCCCCCCCCC.F[B-](F)(F)F. The molecule has 0 aromatic heterocycles. The second-order valence-electron chi connectivity index (χ2n) is 7.19. The first kappa shape index (κ1) is 28.0. The van der Waals surface area contributed by atoms with E-state index in [9.17, 15) is 17.3 Å². The second kappa shape index (κ2) is 22.8. The molecule has 0 atom stereocenters. The fourth-order valence-electron chi connectivity index (χ4n) is 2.89. The maximum atomic E-state index is 9.75. The predicted octanol–water partition coefficient (Wildman–Crippen LogP) is 8.16. The van der Waals surface area contributed by atoms with Crippen molar-refractivity contribution in [2.24, 2.45) is 0 Å². The molecule has 1 N–H and O–H groups in total. The Hall–Kier alpha value is -0.255. The lowest BCUT2D eigenvalue weighted by Gasteiger charge is -2.05. The van der Waals surface area contributed by atoms with E-state index in [2.05, 4.69) is 19.2 Å². The van der Waals surface area contributed by atoms with Gasteiger partial charge < -0.3 is 22.6 Å². The van der Waals surface area contributed by atoms with Crippen LogP contribution in [0.2, 0.25) is 0 Å². The summed E-state index contributed by atoms with van der Waals surface area (Å²) in [4.78, 5) is 0. The van der Waals surface area contributed by atoms with Crippen molar-refractivity contribution in [3.05, 3.63) is 0 Å². The fourth-order valence-corrected chi connectivity index (χ4v) is 2.89. The van der Waals surface area contributed by atoms with Gasteiger partial charge in [0.2, 0.25) is 0 Å². The lowest BCUT2D eigenvalue weighted by Crippen LogP contribution is -2.16. The van der Waals surface area contributed by atoms with Gasteiger partial charge in [-0.2, -0.15) is 0 Å². The van der Waals surface area contributed by atoms with Gasteiger partial charge in [0, 0.05) is 0 Å². The van der Waals surface area contributed by atoms with E-state index < -0.39 is 7.25 Å². The van der Waals surface area contributed by atoms with E-state index in [1.807, 2.05) is 0 Å². The Bertz CT molecular complexity index is 226. The largest absolute Gasteiger partial charge is 0.673 e. The highest BCUT2D eigenvalue weighted by Gasteiger charge is 2.20. The molecule has 0 fully saturated rings. The molecule has 0 spiro atoms. The summed E-state index contributed by atoms with van der Waals surface area (Å²) in [6.07, 6.45) is 22.8. The summed E-state index contributed by atoms with van der Waals surface area (Å²) >= 11 is 0. The van der Waals surface area contributed by atoms with Crippen molar-refractivity contribution in [3.8, 4) is 0 Å². The Morgan fingerprint density at radius 2 is 0.692 bits per heavy atom. The number of rotatable bonds is 18. The highest BCUT2D eigenvalue weighted by molar-refractivity contribution is 6.50. The van der Waals surface area contributed by atoms with E-state index in [1.54, 1.807) is 0 Å². The summed E-state index contributed by atoms with van der Waals surface area (Å²) in [5, 5.41) is 3.61. The van der Waals surface area contributed by atoms with Crippen LogP contribution in [0, 0.1) is 0 Å². The molecule has 0 aromatic carbocycles. The van der Waals surface area contributed by atoms with E-state index in [4.69, 9.17) is 0 Å². The molecule has 0 amide bonds. The number of unbranched alkanes of at least 4 members (excludes halogenated alkanes) is 14. The quantitative estimate of drug-likeness (QED) is 0.143. The molecular weight excluding hydrogens is 341 g/mol. The minimum atomic E-state index is -6.00. The Balaban J connectivity index is 0. The zero-order valence-corrected chi connectivity index (χ0v) is 17.3. The Kier molecular flexibility index (Phi) is 24.5. The molecule has 0 heterocycles. The normalized spacial score (nSPS) is 11.3. The van der Waals surface area contributed by atoms with Gasteiger partial charge in [0.05, 0.1) is 0 Å². The third kappa shape index (κ3) is 39.0. The average Bonchev–Trinajstić information content (AvgIpc) is 2.56. The molecule has 0 saturated carbocycles. The summed E-state index contributed by atoms with van der Waals surface area (Å²) in [7, 11) is -6.00. The maximum Gasteiger partial charge on any atom is 0.673 e. The van der Waals surface area contributed by atoms with Gasteiger partial charge in [-0.05, 0) is 25.9 Å². The van der Waals surface area contributed by atoms with E-state index in [1.165, 1.54) is 116 Å². The molecule has 160 valence electrons. The molecule has 0 radical (unpaired) electrons. The van der Waals surface area contributed by atoms with Crippen LogP contribution in [0.1, 0.15) is 117 Å². The van der Waals surface area contributed by atoms with Crippen LogP contribution < -0.4 is 5.32 Å². The van der Waals surface area contributed by atoms with Crippen LogP contribution >= 0.6 is 0 Å². The average molecular weight is 384 g/mol. The first-order valence-electron chi connectivity index (χ1n) is 11.0. The first-order valence-corrected chi connectivity index (χ1v) is 11.0. The van der Waals surface area contributed by atoms with Gasteiger partial charge in [-0.15, -0.1) is 0 Å². The molecule has 0 unspecified atom stereocenters. The van der Waals surface area contributed by atoms with Crippen molar-refractivity contribution in [2.45, 2.75) is 117 Å². The molecule has 0 rings (SSSR count). The molecular formula is C20H43BF4N-. The van der Waals surface area contributed by atoms with Gasteiger partial charge in [-0.3, -0.25) is 0 Å². The van der Waals surface area contributed by atoms with Crippen LogP contribution in [-0.4, -0.2) is 20.3 Å². The highest BCUT2D eigenvalue weighted by Crippen LogP contribution is 2.09. The van der Waals surface area contributed by atoms with Crippen LogP contribution in [0.15, 0.2) is 0 Å². The minimum Gasteiger partial charge on any atom is -0.418 e. The standard InChI is InChI=1S/C20H43N.BF4/c1-3-5-7-9-11-13-15-17-19-21-20-18-16-14-12-10-8-6-4-2;2-1(3,4)5/h21H,3-20H2,1-2H3;/q;-1. The monoisotopic (exact) mass is 384 g/mol. The summed E-state index contributed by atoms with van der Waals surface area (Å²) in [5.41, 5.74) is 0. The summed E-state index contributed by atoms with van der Waals surface area (Å²) < 4.78 is 39.0. The van der Waals surface area contributed by atoms with Crippen LogP contribution in [0.25, 0.3) is 0 Å². The number of hydrogen-bond acceptors (Lipinski definition) is 1. The smallest absolute Gasteiger partial charge is 0.418 e. The van der Waals surface area contributed by atoms with E-state index in [0.29, 0.717) is 0 Å². The number of hydrogen-bond donors (Lipinski definition) is 1. The zero-order valence-electron chi connectivity index (χ0n) is 17.3. The van der Waals surface area contributed by atoms with Gasteiger partial charge in [0.15, 0.2) is 0 Å². The molecule has 26 heavy (non-hydrogen) atoms. The van der Waals surface area contributed by atoms with Gasteiger partial charge >= 0.3 is 7.25 Å². The van der Waals surface area contributed by atoms with Crippen LogP contribution in [0.3, 0.4) is 0 Å². The Morgan fingerprint density at radius 3 is 0.962 bits per heavy atom. The number of halogens is 4. The third-order valence-corrected chi connectivity index (χ3v) is 4.41. The van der Waals surface area contributed by atoms with Crippen LogP contribution in [0.4, 0.5) is 17.3 Å². The minimum absolute atomic E-state index is 1.24. The third-order valence-electron chi connectivity index (χ3n) is 4.41. The maximum absolute atomic E-state index is 9.75. The zero-order chi connectivity index (χ0) is 19.9. The van der Waals surface area contributed by atoms with Crippen molar-refractivity contribution in [1.82, 2.24) is 5.32 Å². The van der Waals surface area contributed by atoms with Crippen LogP contribution in [0.5, 0.6) is 0 Å². The van der Waals surface area contributed by atoms with Gasteiger partial charge in [0.1, 0.15) is 0 Å².